The number of benzene rings is 1. The molecule has 1 amide bonds. The molecule has 0 aliphatic heterocycles. The topological polar surface area (TPSA) is 66.4 Å². The summed E-state index contributed by atoms with van der Waals surface area (Å²) in [5, 5.41) is 11.8. The quantitative estimate of drug-likeness (QED) is 0.811. The van der Waals surface area contributed by atoms with Crippen LogP contribution in [0.4, 0.5) is 0 Å². The Bertz CT molecular complexity index is 463. The minimum atomic E-state index is -0.997. The normalized spacial score (nSPS) is 12.7. The molecule has 0 saturated carbocycles. The Morgan fingerprint density at radius 3 is 2.33 bits per heavy atom. The minimum absolute atomic E-state index is 0.191. The first-order chi connectivity index (χ1) is 9.78. The van der Waals surface area contributed by atoms with Gasteiger partial charge in [0.05, 0.1) is 0 Å². The van der Waals surface area contributed by atoms with Gasteiger partial charge in [-0.05, 0) is 23.8 Å². The van der Waals surface area contributed by atoms with Crippen LogP contribution in [0.5, 0.6) is 0 Å². The van der Waals surface area contributed by atoms with Crippen molar-refractivity contribution in [2.75, 3.05) is 0 Å². The van der Waals surface area contributed by atoms with Gasteiger partial charge in [-0.15, -0.1) is 0 Å². The van der Waals surface area contributed by atoms with E-state index in [1.165, 1.54) is 0 Å². The Kier molecular flexibility index (Phi) is 6.40. The second kappa shape index (κ2) is 7.81. The number of carboxylic acid groups (broad SMARTS) is 1. The standard InChI is InChI=1S/C17H25NO3/c1-17(2,3)11-7-10-15(19)18-14(16(20)21)12-13-8-5-4-6-9-13/h4-6,8-9,14H,7,10-12H2,1-3H3,(H,18,19)(H,20,21)/t14-/m1/s1. The number of amides is 1. The van der Waals surface area contributed by atoms with Crippen LogP contribution in [0.25, 0.3) is 0 Å². The summed E-state index contributed by atoms with van der Waals surface area (Å²) in [6, 6.07) is 8.46. The van der Waals surface area contributed by atoms with E-state index in [0.717, 1.165) is 18.4 Å². The third-order valence-corrected chi connectivity index (χ3v) is 3.25. The smallest absolute Gasteiger partial charge is 0.326 e. The summed E-state index contributed by atoms with van der Waals surface area (Å²) in [7, 11) is 0. The molecular formula is C17H25NO3. The molecule has 4 nitrogen and oxygen atoms in total. The highest BCUT2D eigenvalue weighted by molar-refractivity contribution is 5.83. The molecule has 0 spiro atoms. The van der Waals surface area contributed by atoms with Crippen molar-refractivity contribution in [1.29, 1.82) is 0 Å². The third kappa shape index (κ3) is 7.49. The second-order valence-electron chi connectivity index (χ2n) is 6.56. The van der Waals surface area contributed by atoms with Crippen molar-refractivity contribution >= 4 is 11.9 Å². The molecule has 0 heterocycles. The van der Waals surface area contributed by atoms with E-state index >= 15 is 0 Å². The summed E-state index contributed by atoms with van der Waals surface area (Å²) in [6.45, 7) is 6.38. The molecule has 0 aromatic heterocycles. The molecule has 1 rings (SSSR count). The van der Waals surface area contributed by atoms with Crippen molar-refractivity contribution in [3.05, 3.63) is 35.9 Å². The second-order valence-corrected chi connectivity index (χ2v) is 6.56. The summed E-state index contributed by atoms with van der Waals surface area (Å²) in [4.78, 5) is 23.1. The molecule has 21 heavy (non-hydrogen) atoms. The lowest BCUT2D eigenvalue weighted by Crippen LogP contribution is -2.42. The number of aliphatic carboxylic acids is 1. The van der Waals surface area contributed by atoms with Gasteiger partial charge in [-0.2, -0.15) is 0 Å². The first-order valence-electron chi connectivity index (χ1n) is 7.34. The zero-order valence-electron chi connectivity index (χ0n) is 13.1. The van der Waals surface area contributed by atoms with Crippen LogP contribution >= 0.6 is 0 Å². The van der Waals surface area contributed by atoms with Gasteiger partial charge in [0.2, 0.25) is 5.91 Å². The average Bonchev–Trinajstić information content (AvgIpc) is 2.37. The van der Waals surface area contributed by atoms with Crippen LogP contribution in [0.1, 0.15) is 45.6 Å². The highest BCUT2D eigenvalue weighted by Gasteiger charge is 2.20. The average molecular weight is 291 g/mol. The highest BCUT2D eigenvalue weighted by atomic mass is 16.4. The lowest BCUT2D eigenvalue weighted by molar-refractivity contribution is -0.141. The Morgan fingerprint density at radius 1 is 1.19 bits per heavy atom. The van der Waals surface area contributed by atoms with E-state index in [-0.39, 0.29) is 11.3 Å². The Balaban J connectivity index is 2.47. The van der Waals surface area contributed by atoms with Crippen molar-refractivity contribution in [2.45, 2.75) is 52.5 Å². The van der Waals surface area contributed by atoms with E-state index in [0.29, 0.717) is 12.8 Å². The van der Waals surface area contributed by atoms with Gasteiger partial charge in [0.1, 0.15) is 6.04 Å². The maximum absolute atomic E-state index is 11.9. The number of carboxylic acids is 1. The van der Waals surface area contributed by atoms with E-state index in [9.17, 15) is 14.7 Å². The maximum Gasteiger partial charge on any atom is 0.326 e. The Morgan fingerprint density at radius 2 is 1.81 bits per heavy atom. The number of carbonyl (C=O) groups is 2. The molecule has 1 atom stereocenters. The van der Waals surface area contributed by atoms with Crippen LogP contribution in [0.15, 0.2) is 30.3 Å². The van der Waals surface area contributed by atoms with Crippen LogP contribution in [0, 0.1) is 5.41 Å². The summed E-state index contributed by atoms with van der Waals surface area (Å²) in [6.07, 6.45) is 2.39. The fraction of sp³-hybridized carbons (Fsp3) is 0.529. The largest absolute Gasteiger partial charge is 0.480 e. The third-order valence-electron chi connectivity index (χ3n) is 3.25. The molecule has 1 aromatic carbocycles. The highest BCUT2D eigenvalue weighted by Crippen LogP contribution is 2.21. The van der Waals surface area contributed by atoms with Gasteiger partial charge in [-0.3, -0.25) is 4.79 Å². The Hall–Kier alpha value is -1.84. The fourth-order valence-corrected chi connectivity index (χ4v) is 2.10. The Labute approximate surface area is 126 Å². The van der Waals surface area contributed by atoms with Crippen molar-refractivity contribution in [2.24, 2.45) is 5.41 Å². The molecule has 0 bridgehead atoms. The van der Waals surface area contributed by atoms with E-state index < -0.39 is 12.0 Å². The molecule has 0 fully saturated rings. The molecule has 0 aliphatic rings. The molecular weight excluding hydrogens is 266 g/mol. The molecule has 0 radical (unpaired) electrons. The SMILES string of the molecule is CC(C)(C)CCCC(=O)N[C@H](Cc1ccccc1)C(=O)O. The number of nitrogens with one attached hydrogen (secondary N) is 1. The van der Waals surface area contributed by atoms with Crippen molar-refractivity contribution in [1.82, 2.24) is 5.32 Å². The predicted molar refractivity (Wildman–Crippen MR) is 83.0 cm³/mol. The van der Waals surface area contributed by atoms with Gasteiger partial charge < -0.3 is 10.4 Å². The first-order valence-corrected chi connectivity index (χ1v) is 7.34. The summed E-state index contributed by atoms with van der Waals surface area (Å²) in [5.74, 6) is -1.19. The summed E-state index contributed by atoms with van der Waals surface area (Å²) >= 11 is 0. The zero-order chi connectivity index (χ0) is 15.9. The van der Waals surface area contributed by atoms with Crippen LogP contribution in [-0.2, 0) is 16.0 Å². The van der Waals surface area contributed by atoms with Crippen LogP contribution in [0.2, 0.25) is 0 Å². The van der Waals surface area contributed by atoms with Gasteiger partial charge in [0.15, 0.2) is 0 Å². The predicted octanol–water partition coefficient (Wildman–Crippen LogP) is 3.01. The van der Waals surface area contributed by atoms with Gasteiger partial charge in [0.25, 0.3) is 0 Å². The van der Waals surface area contributed by atoms with E-state index in [1.807, 2.05) is 30.3 Å². The summed E-state index contributed by atoms with van der Waals surface area (Å²) in [5.41, 5.74) is 1.09. The van der Waals surface area contributed by atoms with Gasteiger partial charge >= 0.3 is 5.97 Å². The number of hydrogen-bond donors (Lipinski definition) is 2. The van der Waals surface area contributed by atoms with Gasteiger partial charge in [-0.25, -0.2) is 4.79 Å². The number of carbonyl (C=O) groups excluding carboxylic acids is 1. The molecule has 4 heteroatoms. The van der Waals surface area contributed by atoms with Gasteiger partial charge in [0, 0.05) is 12.8 Å². The van der Waals surface area contributed by atoms with Gasteiger partial charge in [-0.1, -0.05) is 51.1 Å². The zero-order valence-corrected chi connectivity index (χ0v) is 13.1. The molecule has 0 unspecified atom stereocenters. The number of hydrogen-bond acceptors (Lipinski definition) is 2. The fourth-order valence-electron chi connectivity index (χ4n) is 2.10. The first kappa shape index (κ1) is 17.2. The van der Waals surface area contributed by atoms with Crippen molar-refractivity contribution < 1.29 is 14.7 Å². The number of rotatable bonds is 7. The van der Waals surface area contributed by atoms with Crippen LogP contribution in [-0.4, -0.2) is 23.0 Å². The molecule has 0 saturated heterocycles. The van der Waals surface area contributed by atoms with Crippen molar-refractivity contribution in [3.8, 4) is 0 Å². The molecule has 2 N–H and O–H groups in total. The molecule has 116 valence electrons. The summed E-state index contributed by atoms with van der Waals surface area (Å²) < 4.78 is 0. The lowest BCUT2D eigenvalue weighted by atomic mass is 9.90. The van der Waals surface area contributed by atoms with E-state index in [1.54, 1.807) is 0 Å². The molecule has 1 aromatic rings. The van der Waals surface area contributed by atoms with E-state index in [4.69, 9.17) is 0 Å². The maximum atomic E-state index is 11.9. The lowest BCUT2D eigenvalue weighted by Gasteiger charge is -2.18. The minimum Gasteiger partial charge on any atom is -0.480 e. The van der Waals surface area contributed by atoms with Crippen molar-refractivity contribution in [3.63, 3.8) is 0 Å². The monoisotopic (exact) mass is 291 g/mol. The molecule has 0 aliphatic carbocycles. The van der Waals surface area contributed by atoms with E-state index in [2.05, 4.69) is 26.1 Å². The van der Waals surface area contributed by atoms with Crippen LogP contribution < -0.4 is 5.32 Å². The van der Waals surface area contributed by atoms with Crippen LogP contribution in [0.3, 0.4) is 0 Å².